The molecule has 0 aromatic rings. The van der Waals surface area contributed by atoms with E-state index in [0.29, 0.717) is 18.4 Å². The standard InChI is InChI=1S/C16H32N2O2/c1-7-13(10-20-6)18-15(9-12(4)5)17-14(16(18)19)8-11(2)3/h11-15,17H,7-10H2,1-6H3. The summed E-state index contributed by atoms with van der Waals surface area (Å²) in [4.78, 5) is 14.8. The molecule has 0 aliphatic carbocycles. The number of hydrogen-bond donors (Lipinski definition) is 1. The molecule has 1 rings (SSSR count). The van der Waals surface area contributed by atoms with Crippen molar-refractivity contribution < 1.29 is 9.53 Å². The van der Waals surface area contributed by atoms with E-state index < -0.39 is 0 Å². The second kappa shape index (κ2) is 7.99. The number of methoxy groups -OCH3 is 1. The van der Waals surface area contributed by atoms with E-state index in [0.717, 1.165) is 19.3 Å². The van der Waals surface area contributed by atoms with Crippen molar-refractivity contribution in [2.24, 2.45) is 11.8 Å². The molecule has 3 atom stereocenters. The Morgan fingerprint density at radius 1 is 1.20 bits per heavy atom. The van der Waals surface area contributed by atoms with Gasteiger partial charge >= 0.3 is 0 Å². The van der Waals surface area contributed by atoms with E-state index in [-0.39, 0.29) is 24.2 Å². The summed E-state index contributed by atoms with van der Waals surface area (Å²) >= 11 is 0. The lowest BCUT2D eigenvalue weighted by Gasteiger charge is -2.32. The maximum absolute atomic E-state index is 12.7. The molecule has 0 spiro atoms. The number of ether oxygens (including phenoxy) is 1. The Labute approximate surface area is 124 Å². The molecule has 0 saturated carbocycles. The van der Waals surface area contributed by atoms with Gasteiger partial charge < -0.3 is 9.64 Å². The fraction of sp³-hybridized carbons (Fsp3) is 0.938. The third-order valence-electron chi connectivity index (χ3n) is 3.91. The molecular formula is C16H32N2O2. The molecule has 1 saturated heterocycles. The monoisotopic (exact) mass is 284 g/mol. The van der Waals surface area contributed by atoms with Crippen LogP contribution in [0.15, 0.2) is 0 Å². The summed E-state index contributed by atoms with van der Waals surface area (Å²) in [6.45, 7) is 11.5. The fourth-order valence-corrected chi connectivity index (χ4v) is 3.01. The first-order valence-corrected chi connectivity index (χ1v) is 7.97. The Balaban J connectivity index is 2.86. The summed E-state index contributed by atoms with van der Waals surface area (Å²) in [5, 5.41) is 3.55. The van der Waals surface area contributed by atoms with Gasteiger partial charge in [0.15, 0.2) is 0 Å². The fourth-order valence-electron chi connectivity index (χ4n) is 3.01. The van der Waals surface area contributed by atoms with Crippen LogP contribution < -0.4 is 5.32 Å². The lowest BCUT2D eigenvalue weighted by molar-refractivity contribution is -0.134. The predicted octanol–water partition coefficient (Wildman–Crippen LogP) is 2.63. The lowest BCUT2D eigenvalue weighted by atomic mass is 10.0. The van der Waals surface area contributed by atoms with Gasteiger partial charge in [0.1, 0.15) is 0 Å². The van der Waals surface area contributed by atoms with Gasteiger partial charge in [-0.05, 0) is 31.1 Å². The van der Waals surface area contributed by atoms with E-state index in [9.17, 15) is 4.79 Å². The van der Waals surface area contributed by atoms with E-state index in [1.807, 2.05) is 0 Å². The van der Waals surface area contributed by atoms with Crippen LogP contribution in [-0.2, 0) is 9.53 Å². The average molecular weight is 284 g/mol. The minimum absolute atomic E-state index is 0.0235. The molecule has 1 N–H and O–H groups in total. The summed E-state index contributed by atoms with van der Waals surface area (Å²) in [5.74, 6) is 1.35. The van der Waals surface area contributed by atoms with Crippen molar-refractivity contribution in [3.63, 3.8) is 0 Å². The number of rotatable bonds is 8. The second-order valence-electron chi connectivity index (χ2n) is 6.76. The Bertz CT molecular complexity index is 305. The van der Waals surface area contributed by atoms with Crippen LogP contribution in [0.25, 0.3) is 0 Å². The molecule has 0 aromatic heterocycles. The van der Waals surface area contributed by atoms with Gasteiger partial charge in [0.05, 0.1) is 24.9 Å². The normalized spacial score (nSPS) is 25.0. The van der Waals surface area contributed by atoms with E-state index in [4.69, 9.17) is 4.74 Å². The van der Waals surface area contributed by atoms with Crippen molar-refractivity contribution in [1.29, 1.82) is 0 Å². The Morgan fingerprint density at radius 3 is 2.25 bits per heavy atom. The smallest absolute Gasteiger partial charge is 0.241 e. The van der Waals surface area contributed by atoms with Crippen LogP contribution in [0.4, 0.5) is 0 Å². The molecule has 1 heterocycles. The highest BCUT2D eigenvalue weighted by molar-refractivity contribution is 5.84. The topological polar surface area (TPSA) is 41.6 Å². The van der Waals surface area contributed by atoms with E-state index in [1.54, 1.807) is 7.11 Å². The molecule has 3 unspecified atom stereocenters. The Kier molecular flexibility index (Phi) is 6.96. The largest absolute Gasteiger partial charge is 0.383 e. The summed E-state index contributed by atoms with van der Waals surface area (Å²) < 4.78 is 5.30. The molecule has 20 heavy (non-hydrogen) atoms. The van der Waals surface area contributed by atoms with Crippen LogP contribution in [0.1, 0.15) is 53.9 Å². The van der Waals surface area contributed by atoms with Gasteiger partial charge in [0.2, 0.25) is 5.91 Å². The zero-order valence-corrected chi connectivity index (χ0v) is 14.0. The second-order valence-corrected chi connectivity index (χ2v) is 6.76. The van der Waals surface area contributed by atoms with Crippen molar-refractivity contribution in [3.8, 4) is 0 Å². The highest BCUT2D eigenvalue weighted by Crippen LogP contribution is 2.24. The maximum atomic E-state index is 12.7. The molecule has 0 bridgehead atoms. The van der Waals surface area contributed by atoms with Crippen LogP contribution >= 0.6 is 0 Å². The first-order valence-electron chi connectivity index (χ1n) is 7.97. The molecule has 1 fully saturated rings. The number of amides is 1. The van der Waals surface area contributed by atoms with Gasteiger partial charge in [-0.1, -0.05) is 34.6 Å². The van der Waals surface area contributed by atoms with Gasteiger partial charge in [-0.2, -0.15) is 0 Å². The van der Waals surface area contributed by atoms with Crippen molar-refractivity contribution in [2.75, 3.05) is 13.7 Å². The molecule has 1 aliphatic heterocycles. The van der Waals surface area contributed by atoms with Crippen LogP contribution in [0.5, 0.6) is 0 Å². The van der Waals surface area contributed by atoms with Crippen molar-refractivity contribution >= 4 is 5.91 Å². The van der Waals surface area contributed by atoms with Crippen LogP contribution in [0.2, 0.25) is 0 Å². The van der Waals surface area contributed by atoms with E-state index in [1.165, 1.54) is 0 Å². The predicted molar refractivity (Wildman–Crippen MR) is 82.4 cm³/mol. The van der Waals surface area contributed by atoms with Gasteiger partial charge in [0.25, 0.3) is 0 Å². The average Bonchev–Trinajstić information content (AvgIpc) is 2.62. The number of nitrogens with one attached hydrogen (secondary N) is 1. The maximum Gasteiger partial charge on any atom is 0.241 e. The number of nitrogens with zero attached hydrogens (tertiary/aromatic N) is 1. The van der Waals surface area contributed by atoms with E-state index >= 15 is 0 Å². The van der Waals surface area contributed by atoms with Gasteiger partial charge in [0, 0.05) is 7.11 Å². The lowest BCUT2D eigenvalue weighted by Crippen LogP contribution is -2.47. The Morgan fingerprint density at radius 2 is 1.80 bits per heavy atom. The highest BCUT2D eigenvalue weighted by atomic mass is 16.5. The van der Waals surface area contributed by atoms with Crippen molar-refractivity contribution in [3.05, 3.63) is 0 Å². The summed E-state index contributed by atoms with van der Waals surface area (Å²) in [5.41, 5.74) is 0. The molecular weight excluding hydrogens is 252 g/mol. The number of hydrogen-bond acceptors (Lipinski definition) is 3. The summed E-state index contributed by atoms with van der Waals surface area (Å²) in [7, 11) is 1.71. The van der Waals surface area contributed by atoms with Crippen LogP contribution in [-0.4, -0.2) is 42.8 Å². The van der Waals surface area contributed by atoms with E-state index in [2.05, 4.69) is 44.8 Å². The van der Waals surface area contributed by atoms with Crippen LogP contribution in [0.3, 0.4) is 0 Å². The SMILES string of the molecule is CCC(COC)N1C(=O)C(CC(C)C)NC1CC(C)C. The molecule has 1 amide bonds. The first-order chi connectivity index (χ1) is 9.40. The first kappa shape index (κ1) is 17.4. The summed E-state index contributed by atoms with van der Waals surface area (Å²) in [6, 6.07) is 0.158. The molecule has 0 radical (unpaired) electrons. The zero-order valence-electron chi connectivity index (χ0n) is 14.0. The quantitative estimate of drug-likeness (QED) is 0.745. The Hall–Kier alpha value is -0.610. The van der Waals surface area contributed by atoms with Gasteiger partial charge in [-0.15, -0.1) is 0 Å². The third-order valence-corrected chi connectivity index (χ3v) is 3.91. The van der Waals surface area contributed by atoms with Gasteiger partial charge in [-0.25, -0.2) is 0 Å². The molecule has 118 valence electrons. The van der Waals surface area contributed by atoms with Crippen molar-refractivity contribution in [2.45, 2.75) is 72.1 Å². The third kappa shape index (κ3) is 4.45. The molecule has 0 aromatic carbocycles. The van der Waals surface area contributed by atoms with Crippen LogP contribution in [0, 0.1) is 11.8 Å². The van der Waals surface area contributed by atoms with Gasteiger partial charge in [-0.3, -0.25) is 10.1 Å². The highest BCUT2D eigenvalue weighted by Gasteiger charge is 2.41. The molecule has 4 heteroatoms. The number of carbonyl (C=O) groups excluding carboxylic acids is 1. The zero-order chi connectivity index (χ0) is 15.3. The molecule has 4 nitrogen and oxygen atoms in total. The molecule has 1 aliphatic rings. The minimum atomic E-state index is -0.0235. The number of carbonyl (C=O) groups is 1. The summed E-state index contributed by atoms with van der Waals surface area (Å²) in [6.07, 6.45) is 3.00. The van der Waals surface area contributed by atoms with Crippen molar-refractivity contribution in [1.82, 2.24) is 10.2 Å². The minimum Gasteiger partial charge on any atom is -0.383 e.